The number of hydrazine groups is 1. The molecular formula is C8H11N2. The third-order valence-electron chi connectivity index (χ3n) is 1.23. The summed E-state index contributed by atoms with van der Waals surface area (Å²) in [6.45, 7) is 0.695. The van der Waals surface area contributed by atoms with Crippen LogP contribution in [0.4, 0.5) is 0 Å². The molecule has 0 atom stereocenters. The maximum Gasteiger partial charge on any atom is 0.0379 e. The van der Waals surface area contributed by atoms with E-state index >= 15 is 0 Å². The average Bonchev–Trinajstić information content (AvgIpc) is 1.88. The molecule has 0 fully saturated rings. The van der Waals surface area contributed by atoms with Crippen LogP contribution in [0, 0.1) is 7.05 Å². The van der Waals surface area contributed by atoms with Crippen LogP contribution in [0.5, 0.6) is 0 Å². The smallest absolute Gasteiger partial charge is 0.0379 e. The van der Waals surface area contributed by atoms with Gasteiger partial charge >= 0.3 is 0 Å². The van der Waals surface area contributed by atoms with Gasteiger partial charge in [0.05, 0.1) is 0 Å². The molecule has 53 valence electrons. The van der Waals surface area contributed by atoms with Crippen LogP contribution in [0.15, 0.2) is 30.3 Å². The summed E-state index contributed by atoms with van der Waals surface area (Å²) >= 11 is 0. The summed E-state index contributed by atoms with van der Waals surface area (Å²) in [4.78, 5) is 0. The molecule has 0 saturated heterocycles. The van der Waals surface area contributed by atoms with Gasteiger partial charge in [-0.25, -0.2) is 5.01 Å². The highest BCUT2D eigenvalue weighted by molar-refractivity contribution is 5.14. The van der Waals surface area contributed by atoms with Crippen LogP contribution in [0.25, 0.3) is 0 Å². The first kappa shape index (κ1) is 7.25. The molecule has 0 aliphatic carbocycles. The van der Waals surface area contributed by atoms with Gasteiger partial charge in [-0.3, -0.25) is 5.84 Å². The van der Waals surface area contributed by atoms with Gasteiger partial charge in [-0.2, -0.15) is 0 Å². The Hall–Kier alpha value is -0.860. The lowest BCUT2D eigenvalue weighted by Gasteiger charge is -2.07. The fourth-order valence-corrected chi connectivity index (χ4v) is 0.818. The van der Waals surface area contributed by atoms with Crippen LogP contribution in [0.1, 0.15) is 5.56 Å². The van der Waals surface area contributed by atoms with E-state index in [9.17, 15) is 0 Å². The molecule has 2 heteroatoms. The molecule has 0 aliphatic rings. The molecule has 0 saturated carbocycles. The first-order valence-corrected chi connectivity index (χ1v) is 3.15. The number of benzene rings is 1. The standard InChI is InChI=1S/C8H11N2/c1-10(9)7-8-5-3-2-4-6-8/h2-6H,1,7,9H2. The number of rotatable bonds is 2. The second kappa shape index (κ2) is 3.34. The molecule has 1 aromatic carbocycles. The van der Waals surface area contributed by atoms with Crippen molar-refractivity contribution in [1.82, 2.24) is 5.01 Å². The first-order valence-electron chi connectivity index (χ1n) is 3.15. The van der Waals surface area contributed by atoms with Crippen molar-refractivity contribution in [2.45, 2.75) is 6.54 Å². The number of hydrogen-bond acceptors (Lipinski definition) is 2. The topological polar surface area (TPSA) is 29.3 Å². The lowest BCUT2D eigenvalue weighted by atomic mass is 10.2. The van der Waals surface area contributed by atoms with E-state index < -0.39 is 0 Å². The van der Waals surface area contributed by atoms with Gasteiger partial charge in [-0.05, 0) is 5.56 Å². The maximum atomic E-state index is 5.35. The number of nitrogens with zero attached hydrogens (tertiary/aromatic N) is 1. The quantitative estimate of drug-likeness (QED) is 0.487. The van der Waals surface area contributed by atoms with Gasteiger partial charge in [0, 0.05) is 13.6 Å². The van der Waals surface area contributed by atoms with E-state index in [-0.39, 0.29) is 0 Å². The Morgan fingerprint density at radius 1 is 1.30 bits per heavy atom. The van der Waals surface area contributed by atoms with Gasteiger partial charge < -0.3 is 0 Å². The van der Waals surface area contributed by atoms with E-state index in [4.69, 9.17) is 5.84 Å². The maximum absolute atomic E-state index is 5.35. The van der Waals surface area contributed by atoms with Crippen molar-refractivity contribution in [3.63, 3.8) is 0 Å². The zero-order chi connectivity index (χ0) is 7.40. The predicted molar refractivity (Wildman–Crippen MR) is 41.5 cm³/mol. The molecule has 2 nitrogen and oxygen atoms in total. The molecule has 0 bridgehead atoms. The lowest BCUT2D eigenvalue weighted by Crippen LogP contribution is -2.22. The molecule has 2 N–H and O–H groups in total. The van der Waals surface area contributed by atoms with Crippen LogP contribution in [0.3, 0.4) is 0 Å². The van der Waals surface area contributed by atoms with Gasteiger partial charge in [-0.15, -0.1) is 0 Å². The van der Waals surface area contributed by atoms with Gasteiger partial charge in [-0.1, -0.05) is 30.3 Å². The third-order valence-corrected chi connectivity index (χ3v) is 1.23. The third kappa shape index (κ3) is 2.17. The predicted octanol–water partition coefficient (Wildman–Crippen LogP) is 1.15. The van der Waals surface area contributed by atoms with E-state index in [1.807, 2.05) is 30.3 Å². The highest BCUT2D eigenvalue weighted by Gasteiger charge is 1.91. The fourth-order valence-electron chi connectivity index (χ4n) is 0.818. The second-order valence-electron chi connectivity index (χ2n) is 2.23. The molecule has 0 amide bonds. The number of hydrogen-bond donors (Lipinski definition) is 1. The van der Waals surface area contributed by atoms with Crippen molar-refractivity contribution in [3.05, 3.63) is 42.9 Å². The largest absolute Gasteiger partial charge is 0.268 e. The Kier molecular flexibility index (Phi) is 2.42. The Morgan fingerprint density at radius 2 is 1.90 bits per heavy atom. The van der Waals surface area contributed by atoms with Gasteiger partial charge in [0.2, 0.25) is 0 Å². The van der Waals surface area contributed by atoms with E-state index in [2.05, 4.69) is 7.05 Å². The summed E-state index contributed by atoms with van der Waals surface area (Å²) in [5.41, 5.74) is 1.18. The molecule has 0 unspecified atom stereocenters. The fraction of sp³-hybridized carbons (Fsp3) is 0.125. The number of nitrogens with two attached hydrogens (primary N) is 1. The summed E-state index contributed by atoms with van der Waals surface area (Å²) in [5.74, 6) is 5.35. The summed E-state index contributed by atoms with van der Waals surface area (Å²) in [7, 11) is 3.54. The lowest BCUT2D eigenvalue weighted by molar-refractivity contribution is 0.381. The SMILES string of the molecule is [CH2]N(N)Cc1ccccc1. The Labute approximate surface area is 61.2 Å². The second-order valence-corrected chi connectivity index (χ2v) is 2.23. The minimum Gasteiger partial charge on any atom is -0.268 e. The molecule has 0 aromatic heterocycles. The van der Waals surface area contributed by atoms with Crippen molar-refractivity contribution in [1.29, 1.82) is 0 Å². The zero-order valence-corrected chi connectivity index (χ0v) is 5.83. The summed E-state index contributed by atoms with van der Waals surface area (Å²) in [6.07, 6.45) is 0. The van der Waals surface area contributed by atoms with Crippen molar-refractivity contribution < 1.29 is 0 Å². The van der Waals surface area contributed by atoms with Gasteiger partial charge in [0.25, 0.3) is 0 Å². The summed E-state index contributed by atoms with van der Waals surface area (Å²) in [6, 6.07) is 9.99. The minimum absolute atomic E-state index is 0.695. The van der Waals surface area contributed by atoms with E-state index in [0.29, 0.717) is 6.54 Å². The Balaban J connectivity index is 2.59. The molecule has 1 rings (SSSR count). The molecular weight excluding hydrogens is 124 g/mol. The van der Waals surface area contributed by atoms with Crippen LogP contribution >= 0.6 is 0 Å². The minimum atomic E-state index is 0.695. The highest BCUT2D eigenvalue weighted by Crippen LogP contribution is 1.99. The monoisotopic (exact) mass is 135 g/mol. The molecule has 0 spiro atoms. The molecule has 0 heterocycles. The highest BCUT2D eigenvalue weighted by atomic mass is 15.4. The summed E-state index contributed by atoms with van der Waals surface area (Å²) in [5, 5.41) is 1.41. The van der Waals surface area contributed by atoms with E-state index in [1.54, 1.807) is 0 Å². The first-order chi connectivity index (χ1) is 4.79. The van der Waals surface area contributed by atoms with Crippen LogP contribution < -0.4 is 5.84 Å². The van der Waals surface area contributed by atoms with Crippen LogP contribution in [0.2, 0.25) is 0 Å². The van der Waals surface area contributed by atoms with Gasteiger partial charge in [0.1, 0.15) is 0 Å². The molecule has 10 heavy (non-hydrogen) atoms. The van der Waals surface area contributed by atoms with E-state index in [1.165, 1.54) is 10.6 Å². The molecule has 0 aliphatic heterocycles. The molecule has 1 aromatic rings. The Morgan fingerprint density at radius 3 is 2.40 bits per heavy atom. The van der Waals surface area contributed by atoms with E-state index in [0.717, 1.165) is 0 Å². The summed E-state index contributed by atoms with van der Waals surface area (Å²) < 4.78 is 0. The van der Waals surface area contributed by atoms with Crippen LogP contribution in [-0.4, -0.2) is 5.01 Å². The zero-order valence-electron chi connectivity index (χ0n) is 5.83. The van der Waals surface area contributed by atoms with Crippen molar-refractivity contribution in [3.8, 4) is 0 Å². The van der Waals surface area contributed by atoms with Gasteiger partial charge in [0.15, 0.2) is 0 Å². The van der Waals surface area contributed by atoms with Crippen molar-refractivity contribution in [2.24, 2.45) is 5.84 Å². The normalized spacial score (nSPS) is 10.3. The van der Waals surface area contributed by atoms with Crippen molar-refractivity contribution >= 4 is 0 Å². The van der Waals surface area contributed by atoms with Crippen LogP contribution in [-0.2, 0) is 6.54 Å². The average molecular weight is 135 g/mol. The Bertz CT molecular complexity index is 182. The van der Waals surface area contributed by atoms with Crippen molar-refractivity contribution in [2.75, 3.05) is 0 Å². The molecule has 1 radical (unpaired) electrons.